The van der Waals surface area contributed by atoms with Crippen LogP contribution >= 0.6 is 0 Å². The van der Waals surface area contributed by atoms with Gasteiger partial charge in [-0.15, -0.1) is 6.58 Å². The summed E-state index contributed by atoms with van der Waals surface area (Å²) in [6.45, 7) is 17.1. The predicted molar refractivity (Wildman–Crippen MR) is 120 cm³/mol. The lowest BCUT2D eigenvalue weighted by atomic mass is 10.2. The van der Waals surface area contributed by atoms with E-state index in [0.717, 1.165) is 0 Å². The van der Waals surface area contributed by atoms with Crippen LogP contribution in [0.1, 0.15) is 70.9 Å². The Morgan fingerprint density at radius 3 is 2.00 bits per heavy atom. The van der Waals surface area contributed by atoms with Crippen molar-refractivity contribution in [2.45, 2.75) is 79.1 Å². The summed E-state index contributed by atoms with van der Waals surface area (Å²) in [6.07, 6.45) is -0.0535. The molecule has 1 aromatic rings. The fourth-order valence-corrected chi connectivity index (χ4v) is 2.48. The van der Waals surface area contributed by atoms with Crippen LogP contribution in [0.15, 0.2) is 18.7 Å². The Hall–Kier alpha value is -3.10. The van der Waals surface area contributed by atoms with Gasteiger partial charge < -0.3 is 18.9 Å². The number of carbonyl (C=O) groups is 3. The highest BCUT2D eigenvalue weighted by molar-refractivity contribution is 6.13. The third kappa shape index (κ3) is 7.86. The van der Waals surface area contributed by atoms with Crippen molar-refractivity contribution in [1.82, 2.24) is 4.98 Å². The van der Waals surface area contributed by atoms with E-state index in [9.17, 15) is 14.4 Å². The molecular weight excluding hydrogens is 416 g/mol. The van der Waals surface area contributed by atoms with Crippen LogP contribution in [0, 0.1) is 6.92 Å². The zero-order chi connectivity index (χ0) is 24.9. The van der Waals surface area contributed by atoms with Crippen LogP contribution in [-0.4, -0.2) is 47.6 Å². The Bertz CT molecular complexity index is 838. The first-order valence-electron chi connectivity index (χ1n) is 10.2. The van der Waals surface area contributed by atoms with E-state index in [1.54, 1.807) is 54.5 Å². The number of ether oxygens (including phenoxy) is 4. The van der Waals surface area contributed by atoms with E-state index < -0.39 is 29.4 Å². The molecule has 0 fully saturated rings. The van der Waals surface area contributed by atoms with Gasteiger partial charge in [0, 0.05) is 12.0 Å². The largest absolute Gasteiger partial charge is 0.474 e. The van der Waals surface area contributed by atoms with E-state index >= 15 is 0 Å². The lowest BCUT2D eigenvalue weighted by Gasteiger charge is -2.29. The normalized spacial score (nSPS) is 12.4. The minimum absolute atomic E-state index is 0.137. The topological polar surface area (TPSA) is 104 Å². The number of hydrogen-bond donors (Lipinski definition) is 0. The van der Waals surface area contributed by atoms with Gasteiger partial charge in [-0.2, -0.15) is 4.90 Å². The summed E-state index contributed by atoms with van der Waals surface area (Å²) in [7, 11) is 1.17. The summed E-state index contributed by atoms with van der Waals surface area (Å²) in [6, 6.07) is 1.43. The maximum atomic E-state index is 13.0. The van der Waals surface area contributed by atoms with Crippen LogP contribution in [0.25, 0.3) is 0 Å². The lowest BCUT2D eigenvalue weighted by molar-refractivity contribution is 0.0430. The summed E-state index contributed by atoms with van der Waals surface area (Å²) in [5, 5.41) is 0. The number of methoxy groups -OCH3 is 1. The van der Waals surface area contributed by atoms with Crippen LogP contribution in [0.2, 0.25) is 0 Å². The van der Waals surface area contributed by atoms with Crippen molar-refractivity contribution in [3.8, 4) is 5.88 Å². The van der Waals surface area contributed by atoms with Crippen LogP contribution in [0.5, 0.6) is 5.88 Å². The van der Waals surface area contributed by atoms with E-state index in [1.165, 1.54) is 13.2 Å². The van der Waals surface area contributed by atoms with Gasteiger partial charge >= 0.3 is 18.2 Å². The second-order valence-corrected chi connectivity index (χ2v) is 9.22. The van der Waals surface area contributed by atoms with E-state index in [1.807, 2.05) is 6.92 Å². The average molecular weight is 451 g/mol. The lowest BCUT2D eigenvalue weighted by Crippen LogP contribution is -2.44. The molecule has 1 atom stereocenters. The molecule has 9 heteroatoms. The summed E-state index contributed by atoms with van der Waals surface area (Å²) < 4.78 is 21.4. The molecule has 32 heavy (non-hydrogen) atoms. The molecular formula is C23H34N2O7. The zero-order valence-corrected chi connectivity index (χ0v) is 20.4. The average Bonchev–Trinajstić information content (AvgIpc) is 2.60. The molecule has 0 aliphatic rings. The zero-order valence-electron chi connectivity index (χ0n) is 20.4. The third-order valence-corrected chi connectivity index (χ3v) is 3.73. The minimum Gasteiger partial charge on any atom is -0.474 e. The third-order valence-electron chi connectivity index (χ3n) is 3.73. The van der Waals surface area contributed by atoms with E-state index in [-0.39, 0.29) is 23.4 Å². The Kier molecular flexibility index (Phi) is 8.82. The highest BCUT2D eigenvalue weighted by Gasteiger charge is 2.36. The van der Waals surface area contributed by atoms with Crippen molar-refractivity contribution in [3.63, 3.8) is 0 Å². The van der Waals surface area contributed by atoms with E-state index in [4.69, 9.17) is 18.9 Å². The fraction of sp³-hybridized carbons (Fsp3) is 0.565. The van der Waals surface area contributed by atoms with Gasteiger partial charge in [0.25, 0.3) is 0 Å². The first-order valence-corrected chi connectivity index (χ1v) is 10.2. The molecule has 2 amide bonds. The molecule has 0 radical (unpaired) electrons. The smallest absolute Gasteiger partial charge is 0.424 e. The number of rotatable bonds is 6. The van der Waals surface area contributed by atoms with E-state index in [0.29, 0.717) is 16.9 Å². The van der Waals surface area contributed by atoms with Gasteiger partial charge in [0.15, 0.2) is 5.69 Å². The first kappa shape index (κ1) is 26.9. The Balaban J connectivity index is 3.66. The molecule has 0 bridgehead atoms. The number of anilines is 1. The Morgan fingerprint density at radius 2 is 1.59 bits per heavy atom. The van der Waals surface area contributed by atoms with Crippen molar-refractivity contribution in [1.29, 1.82) is 0 Å². The van der Waals surface area contributed by atoms with Crippen LogP contribution in [0.4, 0.5) is 15.3 Å². The molecule has 1 heterocycles. The quantitative estimate of drug-likeness (QED) is 0.331. The number of aromatic nitrogens is 1. The number of pyridine rings is 1. The number of carbonyl (C=O) groups excluding carboxylic acids is 3. The van der Waals surface area contributed by atoms with Gasteiger partial charge in [-0.1, -0.05) is 6.08 Å². The maximum absolute atomic E-state index is 13.0. The molecule has 0 saturated carbocycles. The van der Waals surface area contributed by atoms with Gasteiger partial charge in [0.1, 0.15) is 17.3 Å². The maximum Gasteiger partial charge on any atom is 0.424 e. The molecule has 0 aliphatic heterocycles. The summed E-state index contributed by atoms with van der Waals surface area (Å²) in [5.74, 6) is -0.699. The monoisotopic (exact) mass is 450 g/mol. The van der Waals surface area contributed by atoms with Crippen molar-refractivity contribution in [3.05, 3.63) is 30.0 Å². The Morgan fingerprint density at radius 1 is 1.09 bits per heavy atom. The molecule has 9 nitrogen and oxygen atoms in total. The van der Waals surface area contributed by atoms with Gasteiger partial charge in [0.05, 0.1) is 12.8 Å². The highest BCUT2D eigenvalue weighted by atomic mass is 16.6. The molecule has 0 saturated heterocycles. The fourth-order valence-electron chi connectivity index (χ4n) is 2.48. The van der Waals surface area contributed by atoms with Crippen molar-refractivity contribution >= 4 is 23.8 Å². The number of imide groups is 1. The molecule has 0 N–H and O–H groups in total. The molecule has 178 valence electrons. The van der Waals surface area contributed by atoms with Gasteiger partial charge in [-0.3, -0.25) is 0 Å². The number of aryl methyl sites for hydroxylation is 1. The second-order valence-electron chi connectivity index (χ2n) is 9.22. The van der Waals surface area contributed by atoms with Gasteiger partial charge in [0.2, 0.25) is 5.88 Å². The Labute approximate surface area is 189 Å². The van der Waals surface area contributed by atoms with Gasteiger partial charge in [-0.05, 0) is 61.5 Å². The minimum atomic E-state index is -1.02. The summed E-state index contributed by atoms with van der Waals surface area (Å²) in [4.78, 5) is 43.4. The van der Waals surface area contributed by atoms with Gasteiger partial charge in [-0.25, -0.2) is 19.4 Å². The van der Waals surface area contributed by atoms with Crippen molar-refractivity contribution in [2.24, 2.45) is 0 Å². The second kappa shape index (κ2) is 10.5. The molecule has 0 unspecified atom stereocenters. The van der Waals surface area contributed by atoms with Crippen LogP contribution in [0.3, 0.4) is 0 Å². The van der Waals surface area contributed by atoms with E-state index in [2.05, 4.69) is 11.6 Å². The number of amides is 2. The molecule has 0 aliphatic carbocycles. The summed E-state index contributed by atoms with van der Waals surface area (Å²) in [5.41, 5.74) is -1.76. The first-order chi connectivity index (χ1) is 14.6. The summed E-state index contributed by atoms with van der Waals surface area (Å²) >= 11 is 0. The molecule has 1 rings (SSSR count). The standard InChI is InChI=1S/C23H34N2O7/c1-11-12-15(3)30-18-14(2)13-16(17(24-18)19(26)29-10)25(20(27)31-22(4,5)6)21(28)32-23(7,8)9/h11,13,15H,1,12H2,2-10H3/t15-/m1/s1. The predicted octanol–water partition coefficient (Wildman–Crippen LogP) is 5.20. The molecule has 0 aromatic carbocycles. The van der Waals surface area contributed by atoms with Crippen molar-refractivity contribution in [2.75, 3.05) is 12.0 Å². The number of hydrogen-bond acceptors (Lipinski definition) is 8. The SMILES string of the molecule is C=CC[C@@H](C)Oc1nc(C(=O)OC)c(N(C(=O)OC(C)(C)C)C(=O)OC(C)(C)C)cc1C. The number of esters is 1. The van der Waals surface area contributed by atoms with Crippen LogP contribution < -0.4 is 9.64 Å². The number of nitrogens with zero attached hydrogens (tertiary/aromatic N) is 2. The van der Waals surface area contributed by atoms with Crippen LogP contribution in [-0.2, 0) is 14.2 Å². The molecule has 0 spiro atoms. The van der Waals surface area contributed by atoms with Crippen molar-refractivity contribution < 1.29 is 33.3 Å². The molecule has 1 aromatic heterocycles. The highest BCUT2D eigenvalue weighted by Crippen LogP contribution is 2.30.